The number of aromatic nitrogens is 2. The highest BCUT2D eigenvalue weighted by atomic mass is 79.9. The van der Waals surface area contributed by atoms with Crippen LogP contribution in [-0.4, -0.2) is 23.2 Å². The van der Waals surface area contributed by atoms with Crippen molar-refractivity contribution in [1.29, 1.82) is 0 Å². The zero-order chi connectivity index (χ0) is 13.2. The van der Waals surface area contributed by atoms with Crippen LogP contribution in [0.5, 0.6) is 0 Å². The molecule has 1 aromatic heterocycles. The van der Waals surface area contributed by atoms with E-state index in [1.165, 1.54) is 0 Å². The maximum atomic E-state index is 5.39. The van der Waals surface area contributed by atoms with E-state index < -0.39 is 0 Å². The van der Waals surface area contributed by atoms with Crippen LogP contribution in [0.25, 0.3) is 11.5 Å². The van der Waals surface area contributed by atoms with E-state index in [0.29, 0.717) is 11.8 Å². The Morgan fingerprint density at radius 1 is 1.11 bits per heavy atom. The standard InChI is InChI=1S/C13H13Br2N3O/c14-10-5-9(6-11(15)7-10)13-17-12(18-19-13)8-1-3-16-4-2-8/h5-8,16H,1-4H2. The topological polar surface area (TPSA) is 51.0 Å². The number of nitrogens with one attached hydrogen (secondary N) is 1. The molecule has 1 aromatic carbocycles. The summed E-state index contributed by atoms with van der Waals surface area (Å²) in [6.07, 6.45) is 2.14. The molecular formula is C13H13Br2N3O. The lowest BCUT2D eigenvalue weighted by Gasteiger charge is -2.18. The molecule has 100 valence electrons. The Morgan fingerprint density at radius 3 is 2.47 bits per heavy atom. The molecule has 6 heteroatoms. The third-order valence-corrected chi connectivity index (χ3v) is 4.17. The van der Waals surface area contributed by atoms with Gasteiger partial charge >= 0.3 is 0 Å². The number of benzene rings is 1. The summed E-state index contributed by atoms with van der Waals surface area (Å²) in [7, 11) is 0. The van der Waals surface area contributed by atoms with Crippen molar-refractivity contribution in [2.45, 2.75) is 18.8 Å². The van der Waals surface area contributed by atoms with Crippen molar-refractivity contribution in [3.63, 3.8) is 0 Å². The van der Waals surface area contributed by atoms with Gasteiger partial charge in [0, 0.05) is 20.4 Å². The lowest BCUT2D eigenvalue weighted by Crippen LogP contribution is -2.27. The van der Waals surface area contributed by atoms with Crippen molar-refractivity contribution >= 4 is 31.9 Å². The number of hydrogen-bond donors (Lipinski definition) is 1. The van der Waals surface area contributed by atoms with Gasteiger partial charge in [0.15, 0.2) is 5.82 Å². The van der Waals surface area contributed by atoms with Gasteiger partial charge in [-0.05, 0) is 44.1 Å². The Bertz CT molecular complexity index is 559. The van der Waals surface area contributed by atoms with E-state index in [9.17, 15) is 0 Å². The fraction of sp³-hybridized carbons (Fsp3) is 0.385. The zero-order valence-corrected chi connectivity index (χ0v) is 13.4. The Labute approximate surface area is 128 Å². The minimum Gasteiger partial charge on any atom is -0.334 e. The van der Waals surface area contributed by atoms with Gasteiger partial charge in [-0.1, -0.05) is 37.0 Å². The minimum atomic E-state index is 0.411. The second-order valence-corrected chi connectivity index (χ2v) is 6.47. The quantitative estimate of drug-likeness (QED) is 0.854. The molecule has 0 radical (unpaired) electrons. The van der Waals surface area contributed by atoms with Crippen LogP contribution in [0.2, 0.25) is 0 Å². The SMILES string of the molecule is Brc1cc(Br)cc(-c2nc(C3CCNCC3)no2)c1. The fourth-order valence-electron chi connectivity index (χ4n) is 2.28. The Balaban J connectivity index is 1.87. The molecule has 4 nitrogen and oxygen atoms in total. The molecule has 0 atom stereocenters. The summed E-state index contributed by atoms with van der Waals surface area (Å²) in [6, 6.07) is 5.93. The van der Waals surface area contributed by atoms with Crippen molar-refractivity contribution in [1.82, 2.24) is 15.5 Å². The van der Waals surface area contributed by atoms with Crippen LogP contribution in [0.1, 0.15) is 24.6 Å². The van der Waals surface area contributed by atoms with Crippen LogP contribution in [0.15, 0.2) is 31.7 Å². The van der Waals surface area contributed by atoms with E-state index in [1.54, 1.807) is 0 Å². The summed E-state index contributed by atoms with van der Waals surface area (Å²) in [5, 5.41) is 7.47. The smallest absolute Gasteiger partial charge is 0.258 e. The molecule has 0 amide bonds. The first-order valence-electron chi connectivity index (χ1n) is 6.23. The second kappa shape index (κ2) is 5.73. The molecule has 1 fully saturated rings. The van der Waals surface area contributed by atoms with E-state index in [0.717, 1.165) is 46.3 Å². The molecule has 0 aliphatic carbocycles. The normalized spacial score (nSPS) is 16.7. The van der Waals surface area contributed by atoms with E-state index in [-0.39, 0.29) is 0 Å². The minimum absolute atomic E-state index is 0.411. The zero-order valence-electron chi connectivity index (χ0n) is 10.2. The van der Waals surface area contributed by atoms with Crippen LogP contribution in [0.3, 0.4) is 0 Å². The largest absolute Gasteiger partial charge is 0.334 e. The molecule has 2 aromatic rings. The summed E-state index contributed by atoms with van der Waals surface area (Å²) in [5.74, 6) is 1.82. The lowest BCUT2D eigenvalue weighted by molar-refractivity contribution is 0.392. The van der Waals surface area contributed by atoms with Crippen LogP contribution >= 0.6 is 31.9 Å². The summed E-state index contributed by atoms with van der Waals surface area (Å²) < 4.78 is 7.36. The molecule has 1 aliphatic rings. The van der Waals surface area contributed by atoms with Gasteiger partial charge in [-0.2, -0.15) is 4.98 Å². The van der Waals surface area contributed by atoms with E-state index >= 15 is 0 Å². The van der Waals surface area contributed by atoms with Crippen molar-refractivity contribution in [2.24, 2.45) is 0 Å². The molecule has 2 heterocycles. The van der Waals surface area contributed by atoms with Crippen LogP contribution in [0.4, 0.5) is 0 Å². The number of rotatable bonds is 2. The summed E-state index contributed by atoms with van der Waals surface area (Å²) in [5.41, 5.74) is 0.925. The first-order chi connectivity index (χ1) is 9.22. The van der Waals surface area contributed by atoms with Crippen molar-refractivity contribution in [3.8, 4) is 11.5 Å². The average molecular weight is 387 g/mol. The maximum absolute atomic E-state index is 5.39. The van der Waals surface area contributed by atoms with Crippen LogP contribution in [0, 0.1) is 0 Å². The Hall–Kier alpha value is -0.720. The van der Waals surface area contributed by atoms with Gasteiger partial charge in [0.1, 0.15) is 0 Å². The highest BCUT2D eigenvalue weighted by molar-refractivity contribution is 9.11. The lowest BCUT2D eigenvalue weighted by atomic mass is 9.98. The van der Waals surface area contributed by atoms with Crippen molar-refractivity contribution in [2.75, 3.05) is 13.1 Å². The van der Waals surface area contributed by atoms with E-state index in [1.807, 2.05) is 18.2 Å². The molecule has 1 N–H and O–H groups in total. The first-order valence-corrected chi connectivity index (χ1v) is 7.82. The van der Waals surface area contributed by atoms with Gasteiger partial charge in [-0.25, -0.2) is 0 Å². The molecule has 3 rings (SSSR count). The van der Waals surface area contributed by atoms with E-state index in [4.69, 9.17) is 4.52 Å². The highest BCUT2D eigenvalue weighted by Crippen LogP contribution is 2.29. The van der Waals surface area contributed by atoms with Gasteiger partial charge < -0.3 is 9.84 Å². The summed E-state index contributed by atoms with van der Waals surface area (Å²) >= 11 is 6.93. The molecular weight excluding hydrogens is 374 g/mol. The van der Waals surface area contributed by atoms with Crippen molar-refractivity contribution < 1.29 is 4.52 Å². The average Bonchev–Trinajstić information content (AvgIpc) is 2.88. The van der Waals surface area contributed by atoms with Crippen LogP contribution in [-0.2, 0) is 0 Å². The van der Waals surface area contributed by atoms with Crippen LogP contribution < -0.4 is 5.32 Å². The molecule has 0 bridgehead atoms. The molecule has 19 heavy (non-hydrogen) atoms. The molecule has 0 unspecified atom stereocenters. The fourth-order valence-corrected chi connectivity index (χ4v) is 3.57. The third kappa shape index (κ3) is 3.07. The highest BCUT2D eigenvalue weighted by Gasteiger charge is 2.21. The predicted octanol–water partition coefficient (Wildman–Crippen LogP) is 3.73. The Morgan fingerprint density at radius 2 is 1.79 bits per heavy atom. The molecule has 1 saturated heterocycles. The second-order valence-electron chi connectivity index (χ2n) is 4.64. The first kappa shape index (κ1) is 13.3. The maximum Gasteiger partial charge on any atom is 0.258 e. The molecule has 1 aliphatic heterocycles. The van der Waals surface area contributed by atoms with E-state index in [2.05, 4.69) is 47.3 Å². The monoisotopic (exact) mass is 385 g/mol. The number of piperidine rings is 1. The van der Waals surface area contributed by atoms with Gasteiger partial charge in [-0.15, -0.1) is 0 Å². The predicted molar refractivity (Wildman–Crippen MR) is 80.0 cm³/mol. The number of nitrogens with zero attached hydrogens (tertiary/aromatic N) is 2. The number of halogens is 2. The summed E-state index contributed by atoms with van der Waals surface area (Å²) in [6.45, 7) is 2.05. The van der Waals surface area contributed by atoms with Gasteiger partial charge in [0.2, 0.25) is 0 Å². The summed E-state index contributed by atoms with van der Waals surface area (Å²) in [4.78, 5) is 4.54. The van der Waals surface area contributed by atoms with Gasteiger partial charge in [-0.3, -0.25) is 0 Å². The number of hydrogen-bond acceptors (Lipinski definition) is 4. The van der Waals surface area contributed by atoms with Gasteiger partial charge in [0.25, 0.3) is 5.89 Å². The third-order valence-electron chi connectivity index (χ3n) is 3.26. The molecule has 0 saturated carbocycles. The van der Waals surface area contributed by atoms with Gasteiger partial charge in [0.05, 0.1) is 0 Å². The molecule has 0 spiro atoms. The van der Waals surface area contributed by atoms with Crippen molar-refractivity contribution in [3.05, 3.63) is 33.0 Å². The Kier molecular flexibility index (Phi) is 4.00.